The normalized spacial score (nSPS) is 15.4. The summed E-state index contributed by atoms with van der Waals surface area (Å²) in [5, 5.41) is 3.64. The summed E-state index contributed by atoms with van der Waals surface area (Å²) in [5.74, 6) is -1.29. The van der Waals surface area contributed by atoms with Crippen molar-refractivity contribution in [3.63, 3.8) is 0 Å². The molecule has 1 N–H and O–H groups in total. The van der Waals surface area contributed by atoms with Crippen LogP contribution in [0.4, 0.5) is 5.69 Å². The van der Waals surface area contributed by atoms with Gasteiger partial charge >= 0.3 is 5.97 Å². The monoisotopic (exact) mass is 303 g/mol. The third-order valence-corrected chi connectivity index (χ3v) is 3.25. The Bertz CT molecular complexity index is 612. The lowest BCUT2D eigenvalue weighted by Crippen LogP contribution is -2.39. The maximum absolute atomic E-state index is 12.3. The number of amides is 2. The number of nitrogens with one attached hydrogen (secondary N) is 1. The summed E-state index contributed by atoms with van der Waals surface area (Å²) >= 11 is 0. The molecular formula is C15H17N3O4. The second-order valence-corrected chi connectivity index (χ2v) is 4.87. The summed E-state index contributed by atoms with van der Waals surface area (Å²) in [4.78, 5) is 36.6. The lowest BCUT2D eigenvalue weighted by Gasteiger charge is -2.22. The van der Waals surface area contributed by atoms with Crippen LogP contribution in [0.3, 0.4) is 0 Å². The first-order valence-electron chi connectivity index (χ1n) is 6.88. The number of para-hydroxylation sites is 1. The Kier molecular flexibility index (Phi) is 4.88. The van der Waals surface area contributed by atoms with Crippen LogP contribution in [0.1, 0.15) is 19.8 Å². The number of hydrogen-bond acceptors (Lipinski definition) is 5. The van der Waals surface area contributed by atoms with Crippen molar-refractivity contribution in [1.82, 2.24) is 5.43 Å². The minimum absolute atomic E-state index is 0.113. The van der Waals surface area contributed by atoms with E-state index in [1.807, 2.05) is 18.2 Å². The number of anilines is 1. The molecule has 0 spiro atoms. The summed E-state index contributed by atoms with van der Waals surface area (Å²) in [6.07, 6.45) is -0.557. The molecule has 0 fully saturated rings. The van der Waals surface area contributed by atoms with Crippen LogP contribution in [0.5, 0.6) is 0 Å². The van der Waals surface area contributed by atoms with Crippen LogP contribution in [0, 0.1) is 0 Å². The number of rotatable bonds is 4. The van der Waals surface area contributed by atoms with E-state index in [9.17, 15) is 14.4 Å². The standard InChI is InChI=1S/C15H17N3O4/c1-10(14(20)18(2)11-6-4-3-5-7-11)22-15(21)12-8-9-13(19)17-16-12/h3-7,10H,8-9H2,1-2H3,(H,17,19)/t10-/m0/s1. The number of hydrogen-bond donors (Lipinski definition) is 1. The molecule has 1 aliphatic heterocycles. The zero-order chi connectivity index (χ0) is 16.1. The van der Waals surface area contributed by atoms with Crippen LogP contribution >= 0.6 is 0 Å². The molecule has 0 unspecified atom stereocenters. The number of carbonyl (C=O) groups excluding carboxylic acids is 3. The van der Waals surface area contributed by atoms with E-state index in [-0.39, 0.29) is 30.4 Å². The molecule has 0 bridgehead atoms. The first-order valence-corrected chi connectivity index (χ1v) is 6.88. The number of carbonyl (C=O) groups is 3. The van der Waals surface area contributed by atoms with Crippen molar-refractivity contribution in [2.24, 2.45) is 5.10 Å². The van der Waals surface area contributed by atoms with Crippen molar-refractivity contribution in [2.45, 2.75) is 25.9 Å². The van der Waals surface area contributed by atoms with E-state index in [4.69, 9.17) is 4.74 Å². The zero-order valence-corrected chi connectivity index (χ0v) is 12.4. The van der Waals surface area contributed by atoms with Crippen LogP contribution < -0.4 is 10.3 Å². The fraction of sp³-hybridized carbons (Fsp3) is 0.333. The minimum Gasteiger partial charge on any atom is -0.448 e. The molecule has 1 aromatic rings. The summed E-state index contributed by atoms with van der Waals surface area (Å²) < 4.78 is 5.12. The van der Waals surface area contributed by atoms with Gasteiger partial charge in [-0.1, -0.05) is 18.2 Å². The number of esters is 1. The number of likely N-dealkylation sites (N-methyl/N-ethyl adjacent to an activating group) is 1. The predicted octanol–water partition coefficient (Wildman–Crippen LogP) is 0.847. The van der Waals surface area contributed by atoms with Gasteiger partial charge in [-0.25, -0.2) is 10.2 Å². The van der Waals surface area contributed by atoms with E-state index < -0.39 is 12.1 Å². The molecule has 7 heteroatoms. The Labute approximate surface area is 127 Å². The minimum atomic E-state index is -0.946. The highest BCUT2D eigenvalue weighted by Crippen LogP contribution is 2.13. The van der Waals surface area contributed by atoms with Gasteiger partial charge in [0.2, 0.25) is 5.91 Å². The Morgan fingerprint density at radius 2 is 1.95 bits per heavy atom. The fourth-order valence-electron chi connectivity index (χ4n) is 1.95. The lowest BCUT2D eigenvalue weighted by atomic mass is 10.2. The second-order valence-electron chi connectivity index (χ2n) is 4.87. The molecule has 2 amide bonds. The lowest BCUT2D eigenvalue weighted by molar-refractivity contribution is -0.147. The van der Waals surface area contributed by atoms with Gasteiger partial charge in [0.15, 0.2) is 6.10 Å². The van der Waals surface area contributed by atoms with Gasteiger partial charge in [0.05, 0.1) is 0 Å². The van der Waals surface area contributed by atoms with Crippen molar-refractivity contribution >= 4 is 29.2 Å². The van der Waals surface area contributed by atoms with Crippen LogP contribution in [0.25, 0.3) is 0 Å². The van der Waals surface area contributed by atoms with Gasteiger partial charge in [-0.2, -0.15) is 5.10 Å². The number of ether oxygens (including phenoxy) is 1. The molecular weight excluding hydrogens is 286 g/mol. The van der Waals surface area contributed by atoms with Crippen LogP contribution in [-0.4, -0.2) is 36.6 Å². The molecule has 22 heavy (non-hydrogen) atoms. The topological polar surface area (TPSA) is 88.1 Å². The van der Waals surface area contributed by atoms with Crippen molar-refractivity contribution in [3.05, 3.63) is 30.3 Å². The molecule has 0 aliphatic carbocycles. The average Bonchev–Trinajstić information content (AvgIpc) is 2.54. The van der Waals surface area contributed by atoms with E-state index in [1.165, 1.54) is 11.8 Å². The highest BCUT2D eigenvalue weighted by atomic mass is 16.5. The SMILES string of the molecule is C[C@H](OC(=O)C1=NNC(=O)CC1)C(=O)N(C)c1ccccc1. The summed E-state index contributed by atoms with van der Waals surface area (Å²) in [5.41, 5.74) is 3.04. The molecule has 7 nitrogen and oxygen atoms in total. The van der Waals surface area contributed by atoms with Gasteiger partial charge in [0, 0.05) is 25.6 Å². The smallest absolute Gasteiger partial charge is 0.355 e. The van der Waals surface area contributed by atoms with E-state index >= 15 is 0 Å². The molecule has 0 saturated carbocycles. The van der Waals surface area contributed by atoms with Crippen LogP contribution in [-0.2, 0) is 19.1 Å². The van der Waals surface area contributed by atoms with E-state index in [2.05, 4.69) is 10.5 Å². The molecule has 1 aliphatic rings. The molecule has 1 aromatic carbocycles. The predicted molar refractivity (Wildman–Crippen MR) is 80.2 cm³/mol. The average molecular weight is 303 g/mol. The Morgan fingerprint density at radius 1 is 1.27 bits per heavy atom. The fourth-order valence-corrected chi connectivity index (χ4v) is 1.95. The number of nitrogens with zero attached hydrogens (tertiary/aromatic N) is 2. The summed E-state index contributed by atoms with van der Waals surface area (Å²) in [7, 11) is 1.61. The molecule has 0 radical (unpaired) electrons. The van der Waals surface area contributed by atoms with Gasteiger partial charge in [-0.3, -0.25) is 9.59 Å². The third kappa shape index (κ3) is 3.69. The number of benzene rings is 1. The number of hydrazone groups is 1. The van der Waals surface area contributed by atoms with Crippen molar-refractivity contribution in [2.75, 3.05) is 11.9 Å². The maximum Gasteiger partial charge on any atom is 0.355 e. The Balaban J connectivity index is 1.96. The third-order valence-electron chi connectivity index (χ3n) is 3.25. The van der Waals surface area contributed by atoms with Crippen LogP contribution in [0.2, 0.25) is 0 Å². The van der Waals surface area contributed by atoms with E-state index in [0.29, 0.717) is 5.69 Å². The van der Waals surface area contributed by atoms with Crippen molar-refractivity contribution < 1.29 is 19.1 Å². The van der Waals surface area contributed by atoms with Gasteiger partial charge in [0.1, 0.15) is 5.71 Å². The molecule has 0 saturated heterocycles. The first-order chi connectivity index (χ1) is 10.5. The maximum atomic E-state index is 12.3. The zero-order valence-electron chi connectivity index (χ0n) is 12.4. The first kappa shape index (κ1) is 15.7. The Hall–Kier alpha value is -2.70. The molecule has 0 aromatic heterocycles. The molecule has 116 valence electrons. The van der Waals surface area contributed by atoms with Gasteiger partial charge in [-0.05, 0) is 19.1 Å². The Morgan fingerprint density at radius 3 is 2.55 bits per heavy atom. The molecule has 2 rings (SSSR count). The van der Waals surface area contributed by atoms with Crippen LogP contribution in [0.15, 0.2) is 35.4 Å². The van der Waals surface area contributed by atoms with E-state index in [1.54, 1.807) is 19.2 Å². The molecule has 1 atom stereocenters. The van der Waals surface area contributed by atoms with Crippen molar-refractivity contribution in [1.29, 1.82) is 0 Å². The van der Waals surface area contributed by atoms with E-state index in [0.717, 1.165) is 0 Å². The largest absolute Gasteiger partial charge is 0.448 e. The summed E-state index contributed by atoms with van der Waals surface area (Å²) in [6.45, 7) is 1.50. The van der Waals surface area contributed by atoms with Gasteiger partial charge in [0.25, 0.3) is 5.91 Å². The molecule has 1 heterocycles. The second kappa shape index (κ2) is 6.84. The quantitative estimate of drug-likeness (QED) is 0.835. The van der Waals surface area contributed by atoms with Crippen molar-refractivity contribution in [3.8, 4) is 0 Å². The summed E-state index contributed by atoms with van der Waals surface area (Å²) in [6, 6.07) is 9.05. The van der Waals surface area contributed by atoms with Gasteiger partial charge in [-0.15, -0.1) is 0 Å². The highest BCUT2D eigenvalue weighted by molar-refractivity contribution is 6.37. The van der Waals surface area contributed by atoms with Gasteiger partial charge < -0.3 is 9.64 Å². The highest BCUT2D eigenvalue weighted by Gasteiger charge is 2.26.